The normalized spacial score (nSPS) is 17.1. The lowest BCUT2D eigenvalue weighted by atomic mass is 9.80. The summed E-state index contributed by atoms with van der Waals surface area (Å²) in [5, 5.41) is 9.80. The number of aliphatic imine (C=N–C) groups is 1. The van der Waals surface area contributed by atoms with Gasteiger partial charge in [-0.3, -0.25) is 9.79 Å². The van der Waals surface area contributed by atoms with Gasteiger partial charge in [0.1, 0.15) is 5.60 Å². The zero-order valence-electron chi connectivity index (χ0n) is 21.6. The zero-order chi connectivity index (χ0) is 25.7. The summed E-state index contributed by atoms with van der Waals surface area (Å²) in [5.41, 5.74) is 4.48. The van der Waals surface area contributed by atoms with Crippen LogP contribution in [0.2, 0.25) is 0 Å². The van der Waals surface area contributed by atoms with Gasteiger partial charge in [0.05, 0.1) is 29.1 Å². The van der Waals surface area contributed by atoms with Crippen molar-refractivity contribution in [3.63, 3.8) is 0 Å². The van der Waals surface area contributed by atoms with Crippen molar-refractivity contribution in [3.05, 3.63) is 52.1 Å². The number of rotatable bonds is 6. The predicted octanol–water partition coefficient (Wildman–Crippen LogP) is 5.04. The van der Waals surface area contributed by atoms with Crippen LogP contribution in [0.5, 0.6) is 11.5 Å². The number of anilines is 1. The highest BCUT2D eigenvalue weighted by atomic mass is 16.5. The summed E-state index contributed by atoms with van der Waals surface area (Å²) in [4.78, 5) is 30.9. The van der Waals surface area contributed by atoms with E-state index in [0.29, 0.717) is 25.3 Å². The van der Waals surface area contributed by atoms with Gasteiger partial charge < -0.3 is 19.5 Å². The number of carboxylic acids is 1. The molecule has 0 saturated carbocycles. The maximum absolute atomic E-state index is 12.3. The van der Waals surface area contributed by atoms with Gasteiger partial charge in [-0.2, -0.15) is 0 Å². The number of hydrogen-bond donors (Lipinski definition) is 1. The summed E-state index contributed by atoms with van der Waals surface area (Å²) in [6, 6.07) is 7.20. The minimum absolute atomic E-state index is 0.0862. The largest absolute Gasteiger partial charge is 0.490 e. The summed E-state index contributed by atoms with van der Waals surface area (Å²) in [6.07, 6.45) is 1.45. The van der Waals surface area contributed by atoms with Crippen molar-refractivity contribution >= 4 is 23.3 Å². The van der Waals surface area contributed by atoms with E-state index < -0.39 is 5.97 Å². The molecular formula is C28H34N2O5. The smallest absolute Gasteiger partial charge is 0.337 e. The molecule has 7 nitrogen and oxygen atoms in total. The van der Waals surface area contributed by atoms with E-state index in [1.807, 2.05) is 13.8 Å². The highest BCUT2D eigenvalue weighted by molar-refractivity contribution is 6.17. The fraction of sp³-hybridized carbons (Fsp3) is 0.464. The number of hydrogen-bond acceptors (Lipinski definition) is 5. The number of carboxylic acid groups (broad SMARTS) is 1. The molecule has 2 aromatic carbocycles. The van der Waals surface area contributed by atoms with Gasteiger partial charge in [0, 0.05) is 36.6 Å². The number of nitrogens with zero attached hydrogens (tertiary/aromatic N) is 2. The van der Waals surface area contributed by atoms with Crippen LogP contribution in [-0.4, -0.2) is 47.0 Å². The molecule has 186 valence electrons. The molecule has 2 heterocycles. The van der Waals surface area contributed by atoms with Crippen molar-refractivity contribution in [1.29, 1.82) is 0 Å². The minimum atomic E-state index is -1.07. The first kappa shape index (κ1) is 24.8. The molecule has 0 unspecified atom stereocenters. The van der Waals surface area contributed by atoms with Crippen molar-refractivity contribution in [2.24, 2.45) is 4.99 Å². The Bertz CT molecular complexity index is 1240. The standard InChI is InChI=1S/C28H34N2O5/c1-8-30(16(3)31)21-12-17(10-11-19(21)26(32)33)24-23-18(14-27(4,5)29-24)13-22(34-9-2)25-20(23)15-28(6,7)35-25/h10-13H,8-9,14-15H2,1-7H3,(H,32,33). The van der Waals surface area contributed by atoms with Gasteiger partial charge >= 0.3 is 5.97 Å². The molecule has 0 bridgehead atoms. The van der Waals surface area contributed by atoms with E-state index in [9.17, 15) is 14.7 Å². The third kappa shape index (κ3) is 4.51. The Hall–Kier alpha value is -3.35. The van der Waals surface area contributed by atoms with E-state index >= 15 is 0 Å². The van der Waals surface area contributed by atoms with Crippen LogP contribution in [0.1, 0.15) is 81.1 Å². The molecule has 0 saturated heterocycles. The molecule has 0 aromatic heterocycles. The van der Waals surface area contributed by atoms with Gasteiger partial charge in [-0.25, -0.2) is 4.79 Å². The van der Waals surface area contributed by atoms with Gasteiger partial charge in [-0.05, 0) is 71.7 Å². The first-order valence-corrected chi connectivity index (χ1v) is 12.1. The molecule has 1 N–H and O–H groups in total. The average molecular weight is 479 g/mol. The van der Waals surface area contributed by atoms with Crippen LogP contribution in [0, 0.1) is 0 Å². The predicted molar refractivity (Wildman–Crippen MR) is 137 cm³/mol. The molecule has 7 heteroatoms. The summed E-state index contributed by atoms with van der Waals surface area (Å²) >= 11 is 0. The lowest BCUT2D eigenvalue weighted by Crippen LogP contribution is -2.32. The van der Waals surface area contributed by atoms with Crippen LogP contribution in [0.15, 0.2) is 29.3 Å². The second kappa shape index (κ2) is 8.70. The lowest BCUT2D eigenvalue weighted by molar-refractivity contribution is -0.116. The number of aromatic carboxylic acids is 1. The Kier molecular flexibility index (Phi) is 6.16. The van der Waals surface area contributed by atoms with Crippen LogP contribution in [0.25, 0.3) is 0 Å². The minimum Gasteiger partial charge on any atom is -0.490 e. The Labute approximate surface area is 206 Å². The van der Waals surface area contributed by atoms with Crippen molar-refractivity contribution in [1.82, 2.24) is 0 Å². The number of ether oxygens (including phenoxy) is 2. The molecular weight excluding hydrogens is 444 g/mol. The second-order valence-corrected chi connectivity index (χ2v) is 10.4. The molecule has 4 rings (SSSR count). The molecule has 0 spiro atoms. The van der Waals surface area contributed by atoms with Crippen LogP contribution >= 0.6 is 0 Å². The number of benzene rings is 2. The number of carbonyl (C=O) groups is 2. The molecule has 35 heavy (non-hydrogen) atoms. The maximum atomic E-state index is 12.3. The quantitative estimate of drug-likeness (QED) is 0.628. The van der Waals surface area contributed by atoms with Crippen molar-refractivity contribution in [2.75, 3.05) is 18.1 Å². The van der Waals surface area contributed by atoms with Gasteiger partial charge in [0.15, 0.2) is 11.5 Å². The SMILES string of the molecule is CCOc1cc2c(c3c1OC(C)(C)C3)C(c1ccc(C(=O)O)c(N(CC)C(C)=O)c1)=NC(C)(C)C2. The number of carbonyl (C=O) groups excluding carboxylic acids is 1. The molecule has 2 aliphatic rings. The molecule has 0 aliphatic carbocycles. The number of amides is 1. The maximum Gasteiger partial charge on any atom is 0.337 e. The topological polar surface area (TPSA) is 88.4 Å². The summed E-state index contributed by atoms with van der Waals surface area (Å²) in [7, 11) is 0. The van der Waals surface area contributed by atoms with Crippen LogP contribution in [0.3, 0.4) is 0 Å². The fourth-order valence-electron chi connectivity index (χ4n) is 5.19. The molecule has 1 amide bonds. The monoisotopic (exact) mass is 478 g/mol. The third-order valence-corrected chi connectivity index (χ3v) is 6.47. The molecule has 2 aromatic rings. The van der Waals surface area contributed by atoms with Crippen molar-refractivity contribution in [3.8, 4) is 11.5 Å². The zero-order valence-corrected chi connectivity index (χ0v) is 21.6. The van der Waals surface area contributed by atoms with Crippen LogP contribution in [0.4, 0.5) is 5.69 Å². The molecule has 0 fully saturated rings. The van der Waals surface area contributed by atoms with Gasteiger partial charge in [-0.15, -0.1) is 0 Å². The van der Waals surface area contributed by atoms with Crippen LogP contribution < -0.4 is 14.4 Å². The molecule has 0 radical (unpaired) electrons. The highest BCUT2D eigenvalue weighted by Gasteiger charge is 2.40. The first-order valence-electron chi connectivity index (χ1n) is 12.1. The Morgan fingerprint density at radius 1 is 1.14 bits per heavy atom. The molecule has 0 atom stereocenters. The van der Waals surface area contributed by atoms with E-state index in [1.54, 1.807) is 18.2 Å². The van der Waals surface area contributed by atoms with E-state index in [-0.39, 0.29) is 22.6 Å². The fourth-order valence-corrected chi connectivity index (χ4v) is 5.19. The second-order valence-electron chi connectivity index (χ2n) is 10.4. The van der Waals surface area contributed by atoms with Crippen molar-refractivity contribution < 1.29 is 24.2 Å². The van der Waals surface area contributed by atoms with Crippen LogP contribution in [-0.2, 0) is 17.6 Å². The summed E-state index contributed by atoms with van der Waals surface area (Å²) in [6.45, 7) is 14.4. The summed E-state index contributed by atoms with van der Waals surface area (Å²) < 4.78 is 12.3. The Morgan fingerprint density at radius 2 is 1.86 bits per heavy atom. The Balaban J connectivity index is 1.98. The van der Waals surface area contributed by atoms with Gasteiger partial charge in [-0.1, -0.05) is 6.07 Å². The number of fused-ring (bicyclic) bond motifs is 3. The van der Waals surface area contributed by atoms with E-state index in [0.717, 1.165) is 45.9 Å². The van der Waals surface area contributed by atoms with E-state index in [4.69, 9.17) is 14.5 Å². The van der Waals surface area contributed by atoms with E-state index in [1.165, 1.54) is 11.8 Å². The third-order valence-electron chi connectivity index (χ3n) is 6.47. The highest BCUT2D eigenvalue weighted by Crippen LogP contribution is 2.48. The van der Waals surface area contributed by atoms with Crippen molar-refractivity contribution in [2.45, 2.75) is 72.4 Å². The lowest BCUT2D eigenvalue weighted by Gasteiger charge is -2.31. The Morgan fingerprint density at radius 3 is 2.46 bits per heavy atom. The summed E-state index contributed by atoms with van der Waals surface area (Å²) in [5.74, 6) is 0.217. The molecule has 2 aliphatic heterocycles. The van der Waals surface area contributed by atoms with E-state index in [2.05, 4.69) is 33.8 Å². The first-order chi connectivity index (χ1) is 16.4. The average Bonchev–Trinajstić information content (AvgIpc) is 3.08. The van der Waals surface area contributed by atoms with Gasteiger partial charge in [0.2, 0.25) is 5.91 Å². The van der Waals surface area contributed by atoms with Gasteiger partial charge in [0.25, 0.3) is 0 Å².